The third kappa shape index (κ3) is 4.06. The molecule has 0 radical (unpaired) electrons. The molecule has 0 saturated heterocycles. The smallest absolute Gasteiger partial charge is 0.290 e. The van der Waals surface area contributed by atoms with Gasteiger partial charge in [-0.15, -0.1) is 0 Å². The van der Waals surface area contributed by atoms with Gasteiger partial charge in [0.1, 0.15) is 0 Å². The lowest BCUT2D eigenvalue weighted by atomic mass is 9.79. The van der Waals surface area contributed by atoms with Crippen LogP contribution in [0.2, 0.25) is 5.02 Å². The highest BCUT2D eigenvalue weighted by atomic mass is 35.5. The lowest BCUT2D eigenvalue weighted by Gasteiger charge is -2.28. The van der Waals surface area contributed by atoms with Crippen molar-refractivity contribution in [2.75, 3.05) is 19.5 Å². The van der Waals surface area contributed by atoms with Crippen molar-refractivity contribution < 1.29 is 24.2 Å². The summed E-state index contributed by atoms with van der Waals surface area (Å²) in [4.78, 5) is 20.6. The number of H-pyrrole nitrogens is 1. The summed E-state index contributed by atoms with van der Waals surface area (Å²) in [6.45, 7) is 6.06. The summed E-state index contributed by atoms with van der Waals surface area (Å²) in [7, 11) is 3.11. The summed E-state index contributed by atoms with van der Waals surface area (Å²) >= 11 is 6.61. The molecule has 1 amide bonds. The number of methoxy groups -OCH3 is 2. The molecule has 28 heavy (non-hydrogen) atoms. The molecule has 1 aromatic heterocycles. The second-order valence-corrected chi connectivity index (χ2v) is 7.60. The fraction of sp³-hybridized carbons (Fsp3) is 0.421. The van der Waals surface area contributed by atoms with Crippen molar-refractivity contribution in [2.24, 2.45) is 0 Å². The van der Waals surface area contributed by atoms with E-state index in [0.717, 1.165) is 16.8 Å². The Kier molecular flexibility index (Phi) is 6.56. The molecule has 0 fully saturated rings. The van der Waals surface area contributed by atoms with E-state index in [1.165, 1.54) is 0 Å². The van der Waals surface area contributed by atoms with Crippen LogP contribution in [-0.4, -0.2) is 41.9 Å². The van der Waals surface area contributed by atoms with Gasteiger partial charge in [0.25, 0.3) is 6.47 Å². The molecule has 3 rings (SSSR count). The maximum atomic E-state index is 12.2. The molecule has 3 N–H and O–H groups in total. The minimum absolute atomic E-state index is 0.0877. The number of fused-ring (bicyclic) bond motifs is 1. The highest BCUT2D eigenvalue weighted by molar-refractivity contribution is 6.33. The van der Waals surface area contributed by atoms with Gasteiger partial charge in [0.2, 0.25) is 5.91 Å². The van der Waals surface area contributed by atoms with Crippen LogP contribution in [0, 0.1) is 0 Å². The molecule has 8 nitrogen and oxygen atoms in total. The molecule has 0 saturated carbocycles. The number of carboxylic acid groups (broad SMARTS) is 1. The van der Waals surface area contributed by atoms with E-state index in [0.29, 0.717) is 28.8 Å². The predicted octanol–water partition coefficient (Wildman–Crippen LogP) is 3.55. The van der Waals surface area contributed by atoms with Crippen LogP contribution < -0.4 is 14.8 Å². The SMILES string of the molecule is COc1ccc(C2CC(=O)Nc3n[nH]c(C(C)(C)C)c32)c(Cl)c1OC.O=CO. The van der Waals surface area contributed by atoms with Crippen LogP contribution in [0.4, 0.5) is 5.82 Å². The number of rotatable bonds is 3. The molecule has 1 unspecified atom stereocenters. The maximum absolute atomic E-state index is 12.2. The fourth-order valence-corrected chi connectivity index (χ4v) is 3.63. The number of carbonyl (C=O) groups is 2. The molecule has 152 valence electrons. The van der Waals surface area contributed by atoms with Crippen LogP contribution in [0.5, 0.6) is 11.5 Å². The van der Waals surface area contributed by atoms with E-state index in [4.69, 9.17) is 31.0 Å². The minimum Gasteiger partial charge on any atom is -0.493 e. The molecule has 1 atom stereocenters. The number of ether oxygens (including phenoxy) is 2. The molecule has 1 aliphatic rings. The number of aromatic amines is 1. The van der Waals surface area contributed by atoms with Gasteiger partial charge in [-0.25, -0.2) is 0 Å². The number of carbonyl (C=O) groups excluding carboxylic acids is 1. The number of benzene rings is 1. The highest BCUT2D eigenvalue weighted by Gasteiger charge is 2.36. The van der Waals surface area contributed by atoms with Gasteiger partial charge in [-0.05, 0) is 11.6 Å². The van der Waals surface area contributed by atoms with E-state index in [1.807, 2.05) is 12.1 Å². The number of hydrogen-bond donors (Lipinski definition) is 3. The summed E-state index contributed by atoms with van der Waals surface area (Å²) in [6.07, 6.45) is 0.296. The Morgan fingerprint density at radius 3 is 2.46 bits per heavy atom. The van der Waals surface area contributed by atoms with Crippen LogP contribution in [0.3, 0.4) is 0 Å². The van der Waals surface area contributed by atoms with Crippen LogP contribution in [-0.2, 0) is 15.0 Å². The molecule has 0 spiro atoms. The largest absolute Gasteiger partial charge is 0.493 e. The average Bonchev–Trinajstić information content (AvgIpc) is 3.05. The van der Waals surface area contributed by atoms with E-state index >= 15 is 0 Å². The molecule has 1 aromatic carbocycles. The van der Waals surface area contributed by atoms with E-state index < -0.39 is 0 Å². The number of aromatic nitrogens is 2. The Labute approximate surface area is 168 Å². The van der Waals surface area contributed by atoms with E-state index in [9.17, 15) is 4.79 Å². The van der Waals surface area contributed by atoms with Gasteiger partial charge in [-0.3, -0.25) is 14.7 Å². The van der Waals surface area contributed by atoms with Crippen molar-refractivity contribution in [3.8, 4) is 11.5 Å². The van der Waals surface area contributed by atoms with Gasteiger partial charge in [-0.1, -0.05) is 38.4 Å². The molecular weight excluding hydrogens is 386 g/mol. The van der Waals surface area contributed by atoms with Crippen molar-refractivity contribution >= 4 is 29.8 Å². The normalized spacial score (nSPS) is 15.6. The zero-order chi connectivity index (χ0) is 21.1. The summed E-state index contributed by atoms with van der Waals surface area (Å²) in [6, 6.07) is 3.69. The predicted molar refractivity (Wildman–Crippen MR) is 106 cm³/mol. The maximum Gasteiger partial charge on any atom is 0.290 e. The lowest BCUT2D eigenvalue weighted by Crippen LogP contribution is -2.26. The molecule has 0 aliphatic carbocycles. The number of nitrogens with zero attached hydrogens (tertiary/aromatic N) is 1. The summed E-state index contributed by atoms with van der Waals surface area (Å²) < 4.78 is 10.7. The second-order valence-electron chi connectivity index (χ2n) is 7.23. The van der Waals surface area contributed by atoms with Crippen molar-refractivity contribution in [3.05, 3.63) is 34.0 Å². The molecule has 2 aromatic rings. The quantitative estimate of drug-likeness (QED) is 0.668. The average molecular weight is 410 g/mol. The highest BCUT2D eigenvalue weighted by Crippen LogP contribution is 2.47. The van der Waals surface area contributed by atoms with Gasteiger partial charge >= 0.3 is 0 Å². The van der Waals surface area contributed by atoms with E-state index in [1.54, 1.807) is 14.2 Å². The third-order valence-electron chi connectivity index (χ3n) is 4.44. The second kappa shape index (κ2) is 8.52. The van der Waals surface area contributed by atoms with E-state index in [-0.39, 0.29) is 23.7 Å². The van der Waals surface area contributed by atoms with Crippen LogP contribution in [0.25, 0.3) is 0 Å². The Morgan fingerprint density at radius 1 is 1.29 bits per heavy atom. The van der Waals surface area contributed by atoms with Gasteiger partial charge in [0.05, 0.1) is 19.2 Å². The van der Waals surface area contributed by atoms with Crippen LogP contribution in [0.1, 0.15) is 49.9 Å². The zero-order valence-electron chi connectivity index (χ0n) is 16.4. The first-order valence-electron chi connectivity index (χ1n) is 8.56. The first-order chi connectivity index (χ1) is 13.2. The van der Waals surface area contributed by atoms with E-state index in [2.05, 4.69) is 36.3 Å². The van der Waals surface area contributed by atoms with Crippen molar-refractivity contribution in [1.82, 2.24) is 10.2 Å². The fourth-order valence-electron chi connectivity index (χ4n) is 3.27. The third-order valence-corrected chi connectivity index (χ3v) is 4.83. The first-order valence-corrected chi connectivity index (χ1v) is 8.94. The molecule has 1 aliphatic heterocycles. The van der Waals surface area contributed by atoms with Gasteiger partial charge in [-0.2, -0.15) is 5.10 Å². The monoisotopic (exact) mass is 409 g/mol. The van der Waals surface area contributed by atoms with Crippen molar-refractivity contribution in [1.29, 1.82) is 0 Å². The molecular formula is C19H24ClN3O5. The van der Waals surface area contributed by atoms with Crippen molar-refractivity contribution in [3.63, 3.8) is 0 Å². The Bertz CT molecular complexity index is 873. The molecule has 0 bridgehead atoms. The number of halogens is 1. The van der Waals surface area contributed by atoms with Crippen LogP contribution in [0.15, 0.2) is 12.1 Å². The van der Waals surface area contributed by atoms with Gasteiger partial charge in [0.15, 0.2) is 17.3 Å². The number of amides is 1. The minimum atomic E-state index is -0.250. The number of nitrogens with one attached hydrogen (secondary N) is 2. The van der Waals surface area contributed by atoms with Gasteiger partial charge < -0.3 is 19.9 Å². The Balaban J connectivity index is 0.000000878. The Morgan fingerprint density at radius 2 is 1.93 bits per heavy atom. The standard InChI is InChI=1S/C18H22ClN3O3.CH2O2/c1-18(2,3)16-13-10(8-12(23)20-17(13)22-21-16)9-6-7-11(24-4)15(25-5)14(9)19;2-1-3/h6-7,10H,8H2,1-5H3,(H2,20,21,22,23);1H,(H,2,3). The van der Waals surface area contributed by atoms with Crippen LogP contribution >= 0.6 is 11.6 Å². The number of anilines is 1. The Hall–Kier alpha value is -2.74. The molecule has 2 heterocycles. The summed E-state index contributed by atoms with van der Waals surface area (Å²) in [5.74, 6) is 1.30. The zero-order valence-corrected chi connectivity index (χ0v) is 17.2. The van der Waals surface area contributed by atoms with Gasteiger partial charge in [0, 0.05) is 29.0 Å². The summed E-state index contributed by atoms with van der Waals surface area (Å²) in [5.41, 5.74) is 2.63. The van der Waals surface area contributed by atoms with Crippen molar-refractivity contribution in [2.45, 2.75) is 38.5 Å². The first kappa shape index (κ1) is 21.6. The topological polar surface area (TPSA) is 114 Å². The summed E-state index contributed by atoms with van der Waals surface area (Å²) in [5, 5.41) is 17.6. The lowest BCUT2D eigenvalue weighted by molar-refractivity contribution is -0.123. The number of hydrogen-bond acceptors (Lipinski definition) is 5. The molecule has 9 heteroatoms.